The Labute approximate surface area is 192 Å². The first kappa shape index (κ1) is 22.3. The smallest absolute Gasteiger partial charge is 0.307 e. The van der Waals surface area contributed by atoms with Gasteiger partial charge >= 0.3 is 5.97 Å². The summed E-state index contributed by atoms with van der Waals surface area (Å²) in [6.07, 6.45) is 0.746. The van der Waals surface area contributed by atoms with Crippen LogP contribution in [0.1, 0.15) is 24.5 Å². The predicted octanol–water partition coefficient (Wildman–Crippen LogP) is 5.82. The fraction of sp³-hybridized carbons (Fsp3) is 0.185. The molecule has 1 aromatic heterocycles. The number of aliphatic carboxylic acids is 1. The van der Waals surface area contributed by atoms with Crippen molar-refractivity contribution in [2.75, 3.05) is 6.61 Å². The van der Waals surface area contributed by atoms with Gasteiger partial charge in [0, 0.05) is 11.1 Å². The minimum absolute atomic E-state index is 0.0947. The van der Waals surface area contributed by atoms with Crippen LogP contribution in [0.25, 0.3) is 22.5 Å². The monoisotopic (exact) mass is 444 g/mol. The molecule has 0 radical (unpaired) electrons. The van der Waals surface area contributed by atoms with Gasteiger partial charge in [0.1, 0.15) is 11.6 Å². The van der Waals surface area contributed by atoms with Crippen molar-refractivity contribution < 1.29 is 19.0 Å². The highest BCUT2D eigenvalue weighted by atomic mass is 19.1. The molecule has 0 saturated heterocycles. The van der Waals surface area contributed by atoms with Crippen LogP contribution in [0.3, 0.4) is 0 Å². The van der Waals surface area contributed by atoms with E-state index in [0.29, 0.717) is 41.3 Å². The predicted molar refractivity (Wildman–Crippen MR) is 126 cm³/mol. The summed E-state index contributed by atoms with van der Waals surface area (Å²) in [4.78, 5) is 11.3. The molecule has 33 heavy (non-hydrogen) atoms. The number of halogens is 1. The highest BCUT2D eigenvalue weighted by Crippen LogP contribution is 2.34. The number of hydrogen-bond acceptors (Lipinski definition) is 3. The first-order chi connectivity index (χ1) is 16.0. The van der Waals surface area contributed by atoms with Crippen LogP contribution in [-0.2, 0) is 17.8 Å². The average molecular weight is 445 g/mol. The molecule has 0 bridgehead atoms. The van der Waals surface area contributed by atoms with E-state index in [1.807, 2.05) is 60.1 Å². The summed E-state index contributed by atoms with van der Waals surface area (Å²) in [5, 5.41) is 14.1. The lowest BCUT2D eigenvalue weighted by Gasteiger charge is -2.11. The molecule has 0 aliphatic heterocycles. The van der Waals surface area contributed by atoms with E-state index in [1.54, 1.807) is 18.2 Å². The number of hydrogen-bond donors (Lipinski definition) is 1. The van der Waals surface area contributed by atoms with Crippen molar-refractivity contribution in [2.45, 2.75) is 26.3 Å². The lowest BCUT2D eigenvalue weighted by Crippen LogP contribution is -2.05. The molecular formula is C27H25FN2O3. The van der Waals surface area contributed by atoms with E-state index >= 15 is 0 Å². The van der Waals surface area contributed by atoms with Crippen molar-refractivity contribution in [3.05, 3.63) is 95.8 Å². The fourth-order valence-corrected chi connectivity index (χ4v) is 3.71. The van der Waals surface area contributed by atoms with E-state index in [1.165, 1.54) is 12.1 Å². The first-order valence-corrected chi connectivity index (χ1v) is 10.9. The van der Waals surface area contributed by atoms with E-state index in [4.69, 9.17) is 9.84 Å². The van der Waals surface area contributed by atoms with Gasteiger partial charge < -0.3 is 9.84 Å². The molecular weight excluding hydrogens is 419 g/mol. The maximum atomic E-state index is 14.0. The Kier molecular flexibility index (Phi) is 6.83. The van der Waals surface area contributed by atoms with Gasteiger partial charge in [0.2, 0.25) is 0 Å². The van der Waals surface area contributed by atoms with Crippen LogP contribution in [0.2, 0.25) is 0 Å². The topological polar surface area (TPSA) is 64.3 Å². The lowest BCUT2D eigenvalue weighted by atomic mass is 10.0. The fourth-order valence-electron chi connectivity index (χ4n) is 3.71. The molecule has 3 aromatic carbocycles. The van der Waals surface area contributed by atoms with Crippen LogP contribution >= 0.6 is 0 Å². The van der Waals surface area contributed by atoms with Crippen LogP contribution in [0.4, 0.5) is 4.39 Å². The number of carboxylic acids is 1. The summed E-state index contributed by atoms with van der Waals surface area (Å²) < 4.78 is 21.8. The van der Waals surface area contributed by atoms with E-state index in [0.717, 1.165) is 17.7 Å². The number of rotatable bonds is 9. The van der Waals surface area contributed by atoms with Gasteiger partial charge in [-0.2, -0.15) is 5.10 Å². The largest absolute Gasteiger partial charge is 0.493 e. The van der Waals surface area contributed by atoms with E-state index in [-0.39, 0.29) is 12.2 Å². The quantitative estimate of drug-likeness (QED) is 0.353. The summed E-state index contributed by atoms with van der Waals surface area (Å²) in [5.41, 5.74) is 4.55. The molecule has 1 N–H and O–H groups in total. The normalized spacial score (nSPS) is 10.8. The molecule has 0 saturated carbocycles. The van der Waals surface area contributed by atoms with Gasteiger partial charge in [0.25, 0.3) is 0 Å². The van der Waals surface area contributed by atoms with E-state index in [2.05, 4.69) is 0 Å². The summed E-state index contributed by atoms with van der Waals surface area (Å²) in [6.45, 7) is 3.06. The Morgan fingerprint density at radius 1 is 1.00 bits per heavy atom. The third kappa shape index (κ3) is 5.47. The number of ether oxygens (including phenoxy) is 1. The highest BCUT2D eigenvalue weighted by molar-refractivity contribution is 5.76. The average Bonchev–Trinajstić information content (AvgIpc) is 3.22. The van der Waals surface area contributed by atoms with Gasteiger partial charge in [-0.15, -0.1) is 0 Å². The van der Waals surface area contributed by atoms with E-state index in [9.17, 15) is 14.3 Å². The molecule has 6 heteroatoms. The molecule has 0 aliphatic carbocycles. The molecule has 0 spiro atoms. The SMILES string of the molecule is CCCOc1ccc(CC(=O)O)cc1-c1cc(-c2cccc(F)c2)n(Cc2ccccc2)n1. The second-order valence-electron chi connectivity index (χ2n) is 7.82. The van der Waals surface area contributed by atoms with Gasteiger partial charge in [-0.3, -0.25) is 9.48 Å². The number of carbonyl (C=O) groups is 1. The maximum absolute atomic E-state index is 14.0. The molecule has 4 aromatic rings. The van der Waals surface area contributed by atoms with Crippen LogP contribution in [-0.4, -0.2) is 27.5 Å². The zero-order chi connectivity index (χ0) is 23.2. The van der Waals surface area contributed by atoms with Gasteiger partial charge in [-0.25, -0.2) is 4.39 Å². The molecule has 1 heterocycles. The molecule has 0 unspecified atom stereocenters. The molecule has 0 aliphatic rings. The maximum Gasteiger partial charge on any atom is 0.307 e. The molecule has 5 nitrogen and oxygen atoms in total. The minimum atomic E-state index is -0.904. The Bertz CT molecular complexity index is 1250. The third-order valence-corrected chi connectivity index (χ3v) is 5.21. The Balaban J connectivity index is 1.83. The van der Waals surface area contributed by atoms with Gasteiger partial charge in [-0.1, -0.05) is 55.5 Å². The molecule has 168 valence electrons. The van der Waals surface area contributed by atoms with Crippen molar-refractivity contribution in [1.82, 2.24) is 9.78 Å². The minimum Gasteiger partial charge on any atom is -0.493 e. The van der Waals surface area contributed by atoms with Crippen LogP contribution in [0.15, 0.2) is 78.9 Å². The number of carboxylic acid groups (broad SMARTS) is 1. The summed E-state index contributed by atoms with van der Waals surface area (Å²) >= 11 is 0. The number of aromatic nitrogens is 2. The summed E-state index contributed by atoms with van der Waals surface area (Å²) in [6, 6.07) is 23.6. The van der Waals surface area contributed by atoms with Gasteiger partial charge in [-0.05, 0) is 47.9 Å². The standard InChI is InChI=1S/C27H25FN2O3/c1-2-13-33-26-12-11-20(15-27(31)32)14-23(26)24-17-25(21-9-6-10-22(28)16-21)30(29-24)18-19-7-4-3-5-8-19/h3-12,14,16-17H,2,13,15,18H2,1H3,(H,31,32). The Morgan fingerprint density at radius 3 is 2.55 bits per heavy atom. The lowest BCUT2D eigenvalue weighted by molar-refractivity contribution is -0.136. The third-order valence-electron chi connectivity index (χ3n) is 5.21. The zero-order valence-electron chi connectivity index (χ0n) is 18.4. The van der Waals surface area contributed by atoms with Crippen LogP contribution in [0, 0.1) is 5.82 Å². The van der Waals surface area contributed by atoms with Gasteiger partial charge in [0.05, 0.1) is 31.0 Å². The van der Waals surface area contributed by atoms with Crippen LogP contribution < -0.4 is 4.74 Å². The number of nitrogens with zero attached hydrogens (tertiary/aromatic N) is 2. The van der Waals surface area contributed by atoms with Crippen molar-refractivity contribution >= 4 is 5.97 Å². The second kappa shape index (κ2) is 10.1. The molecule has 4 rings (SSSR count). The zero-order valence-corrected chi connectivity index (χ0v) is 18.4. The van der Waals surface area contributed by atoms with E-state index < -0.39 is 5.97 Å². The summed E-state index contributed by atoms with van der Waals surface area (Å²) in [5.74, 6) is -0.587. The molecule has 0 fully saturated rings. The van der Waals surface area contributed by atoms with Crippen molar-refractivity contribution in [3.8, 4) is 28.3 Å². The highest BCUT2D eigenvalue weighted by Gasteiger charge is 2.17. The Morgan fingerprint density at radius 2 is 1.82 bits per heavy atom. The van der Waals surface area contributed by atoms with Crippen molar-refractivity contribution in [1.29, 1.82) is 0 Å². The molecule has 0 atom stereocenters. The summed E-state index contributed by atoms with van der Waals surface area (Å²) in [7, 11) is 0. The van der Waals surface area contributed by atoms with Crippen molar-refractivity contribution in [2.24, 2.45) is 0 Å². The van der Waals surface area contributed by atoms with Gasteiger partial charge in [0.15, 0.2) is 0 Å². The molecule has 0 amide bonds. The number of benzene rings is 3. The Hall–Kier alpha value is -3.93. The second-order valence-corrected chi connectivity index (χ2v) is 7.82. The van der Waals surface area contributed by atoms with Crippen molar-refractivity contribution in [3.63, 3.8) is 0 Å². The van der Waals surface area contributed by atoms with Crippen LogP contribution in [0.5, 0.6) is 5.75 Å². The first-order valence-electron chi connectivity index (χ1n) is 10.9.